The van der Waals surface area contributed by atoms with Crippen LogP contribution in [0.1, 0.15) is 34.1 Å². The lowest BCUT2D eigenvalue weighted by molar-refractivity contribution is 0.0624. The summed E-state index contributed by atoms with van der Waals surface area (Å²) in [6, 6.07) is 0.999. The number of carbonyl (C=O) groups is 2. The van der Waals surface area contributed by atoms with E-state index in [1.807, 2.05) is 6.92 Å². The Morgan fingerprint density at radius 3 is 2.65 bits per heavy atom. The fourth-order valence-electron chi connectivity index (χ4n) is 1.90. The van der Waals surface area contributed by atoms with E-state index in [-0.39, 0.29) is 16.8 Å². The van der Waals surface area contributed by atoms with Gasteiger partial charge in [0.2, 0.25) is 0 Å². The number of fused-ring (bicyclic) bond motifs is 1. The van der Waals surface area contributed by atoms with E-state index < -0.39 is 6.04 Å². The fraction of sp³-hybridized carbons (Fsp3) is 0.273. The maximum Gasteiger partial charge on any atom is 0.263 e. The summed E-state index contributed by atoms with van der Waals surface area (Å²) < 4.78 is 0. The van der Waals surface area contributed by atoms with Gasteiger partial charge in [0.25, 0.3) is 11.8 Å². The lowest BCUT2D eigenvalue weighted by atomic mass is 10.2. The van der Waals surface area contributed by atoms with Crippen molar-refractivity contribution in [3.05, 3.63) is 29.6 Å². The lowest BCUT2D eigenvalue weighted by Gasteiger charge is -2.23. The third-order valence-corrected chi connectivity index (χ3v) is 3.02. The Morgan fingerprint density at radius 1 is 1.47 bits per heavy atom. The molecule has 1 aliphatic heterocycles. The number of amides is 2. The van der Waals surface area contributed by atoms with Gasteiger partial charge in [-0.15, -0.1) is 0 Å². The first-order chi connectivity index (χ1) is 8.07. The number of carbonyl (C=O) groups excluding carboxylic acids is 2. The molecule has 1 aromatic heterocycles. The monoisotopic (exact) mass is 249 g/mol. The van der Waals surface area contributed by atoms with Gasteiger partial charge >= 0.3 is 0 Å². The summed E-state index contributed by atoms with van der Waals surface area (Å²) in [7, 11) is 0. The molecule has 2 N–H and O–H groups in total. The summed E-state index contributed by atoms with van der Waals surface area (Å²) >= 11 is 4.89. The van der Waals surface area contributed by atoms with Crippen LogP contribution in [0.25, 0.3) is 0 Å². The van der Waals surface area contributed by atoms with Crippen molar-refractivity contribution in [2.75, 3.05) is 0 Å². The van der Waals surface area contributed by atoms with E-state index in [0.29, 0.717) is 17.5 Å². The number of thiocarbonyl (C=S) groups is 1. The Kier molecular flexibility index (Phi) is 2.89. The Balaban J connectivity index is 2.46. The fourth-order valence-corrected chi connectivity index (χ4v) is 2.17. The van der Waals surface area contributed by atoms with E-state index in [4.69, 9.17) is 18.0 Å². The molecule has 1 unspecified atom stereocenters. The van der Waals surface area contributed by atoms with Crippen molar-refractivity contribution in [3.8, 4) is 0 Å². The standard InChI is InChI=1S/C11H11N3O2S/c1-2-8(9(12)17)14-10(15)6-3-4-13-5-7(6)11(14)16/h3-5,8H,2H2,1H3,(H2,12,17). The van der Waals surface area contributed by atoms with E-state index in [2.05, 4.69) is 4.98 Å². The van der Waals surface area contributed by atoms with Gasteiger partial charge in [-0.2, -0.15) is 0 Å². The SMILES string of the molecule is CCC(C(N)=S)N1C(=O)c2ccncc2C1=O. The maximum absolute atomic E-state index is 12.1. The summed E-state index contributed by atoms with van der Waals surface area (Å²) in [4.78, 5) is 29.2. The predicted molar refractivity (Wildman–Crippen MR) is 65.6 cm³/mol. The van der Waals surface area contributed by atoms with Gasteiger partial charge in [-0.1, -0.05) is 19.1 Å². The second-order valence-corrected chi connectivity index (χ2v) is 4.20. The highest BCUT2D eigenvalue weighted by atomic mass is 32.1. The molecule has 0 aliphatic carbocycles. The molecular weight excluding hydrogens is 238 g/mol. The molecule has 17 heavy (non-hydrogen) atoms. The number of imide groups is 1. The molecule has 0 spiro atoms. The average molecular weight is 249 g/mol. The summed E-state index contributed by atoms with van der Waals surface area (Å²) in [5.41, 5.74) is 6.23. The number of pyridine rings is 1. The number of hydrogen-bond acceptors (Lipinski definition) is 4. The van der Waals surface area contributed by atoms with Gasteiger partial charge in [0.05, 0.1) is 22.2 Å². The van der Waals surface area contributed by atoms with Crippen LogP contribution >= 0.6 is 12.2 Å². The Morgan fingerprint density at radius 2 is 2.12 bits per heavy atom. The molecular formula is C11H11N3O2S. The van der Waals surface area contributed by atoms with Crippen LogP contribution in [0.3, 0.4) is 0 Å². The van der Waals surface area contributed by atoms with Crippen molar-refractivity contribution in [3.63, 3.8) is 0 Å². The number of aromatic nitrogens is 1. The second kappa shape index (κ2) is 4.21. The van der Waals surface area contributed by atoms with Crippen molar-refractivity contribution < 1.29 is 9.59 Å². The zero-order valence-corrected chi connectivity index (χ0v) is 10.0. The first kappa shape index (κ1) is 11.7. The smallest absolute Gasteiger partial charge is 0.263 e. The highest BCUT2D eigenvalue weighted by Crippen LogP contribution is 2.24. The van der Waals surface area contributed by atoms with Gasteiger partial charge in [-0.25, -0.2) is 0 Å². The van der Waals surface area contributed by atoms with Gasteiger partial charge < -0.3 is 5.73 Å². The minimum Gasteiger partial charge on any atom is -0.392 e. The topological polar surface area (TPSA) is 76.3 Å². The molecule has 0 radical (unpaired) electrons. The summed E-state index contributed by atoms with van der Waals surface area (Å²) in [5.74, 6) is -0.732. The normalized spacial score (nSPS) is 15.9. The molecule has 0 aromatic carbocycles. The van der Waals surface area contributed by atoms with Gasteiger partial charge in [0, 0.05) is 12.4 Å². The van der Waals surface area contributed by atoms with Crippen LogP contribution in [0, 0.1) is 0 Å². The first-order valence-corrected chi connectivity index (χ1v) is 5.60. The molecule has 88 valence electrons. The van der Waals surface area contributed by atoms with Crippen molar-refractivity contribution in [1.82, 2.24) is 9.88 Å². The number of hydrogen-bond donors (Lipinski definition) is 1. The number of nitrogens with two attached hydrogens (primary N) is 1. The molecule has 5 nitrogen and oxygen atoms in total. The van der Waals surface area contributed by atoms with Crippen molar-refractivity contribution >= 4 is 29.0 Å². The van der Waals surface area contributed by atoms with Crippen LogP contribution in [0.2, 0.25) is 0 Å². The van der Waals surface area contributed by atoms with Crippen molar-refractivity contribution in [2.24, 2.45) is 5.73 Å². The molecule has 0 fully saturated rings. The Bertz CT molecular complexity index is 480. The van der Waals surface area contributed by atoms with Gasteiger partial charge in [-0.3, -0.25) is 19.5 Å². The molecule has 2 heterocycles. The highest BCUT2D eigenvalue weighted by Gasteiger charge is 2.40. The lowest BCUT2D eigenvalue weighted by Crippen LogP contribution is -2.46. The van der Waals surface area contributed by atoms with Crippen LogP contribution in [0.15, 0.2) is 18.5 Å². The van der Waals surface area contributed by atoms with Crippen LogP contribution in [-0.2, 0) is 0 Å². The summed E-state index contributed by atoms with van der Waals surface area (Å²) in [6.07, 6.45) is 3.38. The Hall–Kier alpha value is -1.82. The molecule has 1 aliphatic rings. The van der Waals surface area contributed by atoms with E-state index in [1.54, 1.807) is 0 Å². The molecule has 6 heteroatoms. The predicted octanol–water partition coefficient (Wildman–Crippen LogP) is 0.742. The van der Waals surface area contributed by atoms with E-state index in [0.717, 1.165) is 4.90 Å². The van der Waals surface area contributed by atoms with Crippen LogP contribution in [0.4, 0.5) is 0 Å². The molecule has 2 amide bonds. The number of nitrogens with zero attached hydrogens (tertiary/aromatic N) is 2. The van der Waals surface area contributed by atoms with Gasteiger partial charge in [0.15, 0.2) is 0 Å². The minimum absolute atomic E-state index is 0.148. The maximum atomic E-state index is 12.1. The first-order valence-electron chi connectivity index (χ1n) is 5.19. The highest BCUT2D eigenvalue weighted by molar-refractivity contribution is 7.80. The molecule has 0 saturated carbocycles. The van der Waals surface area contributed by atoms with E-state index >= 15 is 0 Å². The number of rotatable bonds is 3. The largest absolute Gasteiger partial charge is 0.392 e. The zero-order valence-electron chi connectivity index (χ0n) is 9.21. The van der Waals surface area contributed by atoms with Crippen LogP contribution < -0.4 is 5.73 Å². The summed E-state index contributed by atoms with van der Waals surface area (Å²) in [6.45, 7) is 1.83. The quantitative estimate of drug-likeness (QED) is 0.631. The Labute approximate surface area is 104 Å². The average Bonchev–Trinajstić information content (AvgIpc) is 2.56. The molecule has 2 rings (SSSR count). The molecule has 0 bridgehead atoms. The summed E-state index contributed by atoms with van der Waals surface area (Å²) in [5, 5.41) is 0. The van der Waals surface area contributed by atoms with E-state index in [1.165, 1.54) is 18.5 Å². The third kappa shape index (κ3) is 1.70. The molecule has 0 saturated heterocycles. The third-order valence-electron chi connectivity index (χ3n) is 2.75. The van der Waals surface area contributed by atoms with Gasteiger partial charge in [0.1, 0.15) is 0 Å². The van der Waals surface area contributed by atoms with Crippen LogP contribution in [0.5, 0.6) is 0 Å². The van der Waals surface area contributed by atoms with Crippen LogP contribution in [-0.4, -0.2) is 32.7 Å². The van der Waals surface area contributed by atoms with Gasteiger partial charge in [-0.05, 0) is 12.5 Å². The zero-order chi connectivity index (χ0) is 12.6. The minimum atomic E-state index is -0.530. The van der Waals surface area contributed by atoms with Crippen molar-refractivity contribution in [1.29, 1.82) is 0 Å². The molecule has 1 aromatic rings. The van der Waals surface area contributed by atoms with E-state index in [9.17, 15) is 9.59 Å². The second-order valence-electron chi connectivity index (χ2n) is 3.73. The molecule has 1 atom stereocenters. The van der Waals surface area contributed by atoms with Crippen molar-refractivity contribution in [2.45, 2.75) is 19.4 Å².